The smallest absolute Gasteiger partial charge is 0.283 e. The van der Waals surface area contributed by atoms with Gasteiger partial charge < -0.3 is 14.8 Å². The zero-order valence-corrected chi connectivity index (χ0v) is 14.8. The monoisotopic (exact) mass is 357 g/mol. The maximum absolute atomic E-state index is 12.2. The third kappa shape index (κ3) is 4.19. The number of aryl methyl sites for hydroxylation is 2. The normalized spacial score (nSPS) is 15.2. The predicted octanol–water partition coefficient (Wildman–Crippen LogP) is 2.46. The number of carbonyl (C=O) groups is 1. The zero-order chi connectivity index (χ0) is 17.8. The summed E-state index contributed by atoms with van der Waals surface area (Å²) in [6.45, 7) is 4.21. The highest BCUT2D eigenvalue weighted by atomic mass is 32.1. The van der Waals surface area contributed by atoms with Crippen LogP contribution in [-0.2, 0) is 4.79 Å². The first-order chi connectivity index (χ1) is 12.0. The van der Waals surface area contributed by atoms with Crippen LogP contribution in [0.1, 0.15) is 11.1 Å². The number of para-hydroxylation sites is 2. The Labute approximate surface area is 151 Å². The van der Waals surface area contributed by atoms with Crippen molar-refractivity contribution in [3.05, 3.63) is 53.6 Å². The van der Waals surface area contributed by atoms with Gasteiger partial charge in [-0.15, -0.1) is 0 Å². The molecule has 0 radical (unpaired) electrons. The molecule has 0 saturated carbocycles. The molecule has 130 valence electrons. The summed E-state index contributed by atoms with van der Waals surface area (Å²) in [7, 11) is 0. The number of nitrogens with one attached hydrogen (secondary N) is 3. The lowest BCUT2D eigenvalue weighted by atomic mass is 10.1. The molecule has 25 heavy (non-hydrogen) atoms. The number of anilines is 1. The van der Waals surface area contributed by atoms with Crippen molar-refractivity contribution in [2.45, 2.75) is 20.0 Å². The fourth-order valence-electron chi connectivity index (χ4n) is 2.33. The van der Waals surface area contributed by atoms with Crippen LogP contribution in [0.15, 0.2) is 42.5 Å². The average Bonchev–Trinajstić information content (AvgIpc) is 2.62. The molecule has 2 aromatic carbocycles. The van der Waals surface area contributed by atoms with Crippen LogP contribution < -0.4 is 25.6 Å². The van der Waals surface area contributed by atoms with E-state index in [-0.39, 0.29) is 17.6 Å². The number of fused-ring (bicyclic) bond motifs is 1. The van der Waals surface area contributed by atoms with Crippen molar-refractivity contribution in [2.75, 3.05) is 11.9 Å². The molecule has 0 saturated heterocycles. The molecule has 1 aliphatic heterocycles. The lowest BCUT2D eigenvalue weighted by Gasteiger charge is -2.25. The Morgan fingerprint density at radius 1 is 1.08 bits per heavy atom. The van der Waals surface area contributed by atoms with E-state index in [0.717, 1.165) is 11.3 Å². The van der Waals surface area contributed by atoms with Gasteiger partial charge in [-0.3, -0.25) is 15.6 Å². The molecule has 3 rings (SSSR count). The van der Waals surface area contributed by atoms with Gasteiger partial charge in [-0.2, -0.15) is 0 Å². The van der Waals surface area contributed by atoms with E-state index in [2.05, 4.69) is 16.2 Å². The molecule has 7 heteroatoms. The van der Waals surface area contributed by atoms with Crippen molar-refractivity contribution in [3.63, 3.8) is 0 Å². The highest BCUT2D eigenvalue weighted by Crippen LogP contribution is 2.30. The second-order valence-electron chi connectivity index (χ2n) is 5.73. The minimum Gasteiger partial charge on any atom is -0.485 e. The van der Waals surface area contributed by atoms with Gasteiger partial charge in [0.15, 0.2) is 16.6 Å². The maximum Gasteiger partial charge on any atom is 0.283 e. The van der Waals surface area contributed by atoms with Gasteiger partial charge in [-0.25, -0.2) is 0 Å². The van der Waals surface area contributed by atoms with Crippen LogP contribution in [-0.4, -0.2) is 23.7 Å². The highest BCUT2D eigenvalue weighted by Gasteiger charge is 2.27. The van der Waals surface area contributed by atoms with E-state index in [1.165, 1.54) is 5.56 Å². The van der Waals surface area contributed by atoms with Crippen molar-refractivity contribution >= 4 is 28.9 Å². The molecule has 0 spiro atoms. The summed E-state index contributed by atoms with van der Waals surface area (Å²) in [4.78, 5) is 12.2. The maximum atomic E-state index is 12.2. The Kier molecular flexibility index (Phi) is 5.04. The molecule has 0 fully saturated rings. The van der Waals surface area contributed by atoms with E-state index in [1.807, 2.05) is 44.2 Å². The van der Waals surface area contributed by atoms with Crippen LogP contribution in [0.25, 0.3) is 0 Å². The fourth-order valence-corrected chi connectivity index (χ4v) is 2.50. The Hall–Kier alpha value is -2.80. The van der Waals surface area contributed by atoms with Crippen LogP contribution in [0.3, 0.4) is 0 Å². The summed E-state index contributed by atoms with van der Waals surface area (Å²) in [6.07, 6.45) is -0.744. The van der Waals surface area contributed by atoms with Gasteiger partial charge in [-0.05, 0) is 61.5 Å². The third-order valence-corrected chi connectivity index (χ3v) is 4.07. The number of benzene rings is 2. The number of ether oxygens (including phenoxy) is 2. The van der Waals surface area contributed by atoms with Crippen molar-refractivity contribution in [2.24, 2.45) is 0 Å². The van der Waals surface area contributed by atoms with Crippen LogP contribution in [0, 0.1) is 13.8 Å². The molecule has 2 aromatic rings. The number of thiocarbonyl (C=S) groups is 1. The van der Waals surface area contributed by atoms with E-state index in [9.17, 15) is 4.79 Å². The number of rotatable bonds is 2. The van der Waals surface area contributed by atoms with E-state index >= 15 is 0 Å². The molecule has 1 amide bonds. The SMILES string of the molecule is Cc1ccc(NC(=S)NNC(=O)[C@H]2COc3ccccc3O2)cc1C. The minimum absolute atomic E-state index is 0.141. The van der Waals surface area contributed by atoms with Gasteiger partial charge in [0.05, 0.1) is 0 Å². The van der Waals surface area contributed by atoms with Gasteiger partial charge in [0.1, 0.15) is 6.61 Å². The summed E-state index contributed by atoms with van der Waals surface area (Å²) in [5.74, 6) is 0.815. The Morgan fingerprint density at radius 3 is 2.60 bits per heavy atom. The first-order valence-corrected chi connectivity index (χ1v) is 8.26. The Bertz CT molecular complexity index is 810. The largest absolute Gasteiger partial charge is 0.485 e. The van der Waals surface area contributed by atoms with Gasteiger partial charge in [0.25, 0.3) is 5.91 Å². The molecular formula is C18H19N3O3S. The highest BCUT2D eigenvalue weighted by molar-refractivity contribution is 7.80. The zero-order valence-electron chi connectivity index (χ0n) is 14.0. The predicted molar refractivity (Wildman–Crippen MR) is 99.8 cm³/mol. The molecule has 6 nitrogen and oxygen atoms in total. The molecule has 1 aliphatic rings. The average molecular weight is 357 g/mol. The van der Waals surface area contributed by atoms with Crippen molar-refractivity contribution in [1.29, 1.82) is 0 Å². The molecule has 3 N–H and O–H groups in total. The lowest BCUT2D eigenvalue weighted by molar-refractivity contribution is -0.130. The molecular weight excluding hydrogens is 338 g/mol. The standard InChI is InChI=1S/C18H19N3O3S/c1-11-7-8-13(9-12(11)2)19-18(25)21-20-17(22)16-10-23-14-5-3-4-6-15(14)24-16/h3-9,16H,10H2,1-2H3,(H,20,22)(H2,19,21,25)/t16-/m1/s1. The molecule has 1 atom stereocenters. The first-order valence-electron chi connectivity index (χ1n) is 7.85. The summed E-state index contributed by atoms with van der Waals surface area (Å²) in [6, 6.07) is 13.1. The fraction of sp³-hybridized carbons (Fsp3) is 0.222. The second-order valence-corrected chi connectivity index (χ2v) is 6.14. The van der Waals surface area contributed by atoms with Crippen molar-refractivity contribution < 1.29 is 14.3 Å². The third-order valence-electron chi connectivity index (χ3n) is 3.87. The van der Waals surface area contributed by atoms with E-state index in [1.54, 1.807) is 12.1 Å². The molecule has 1 heterocycles. The van der Waals surface area contributed by atoms with Crippen LogP contribution in [0.2, 0.25) is 0 Å². The van der Waals surface area contributed by atoms with Crippen LogP contribution in [0.5, 0.6) is 11.5 Å². The first kappa shape index (κ1) is 17.0. The van der Waals surface area contributed by atoms with Crippen LogP contribution >= 0.6 is 12.2 Å². The molecule has 0 unspecified atom stereocenters. The number of hydrogen-bond donors (Lipinski definition) is 3. The van der Waals surface area contributed by atoms with Gasteiger partial charge >= 0.3 is 0 Å². The topological polar surface area (TPSA) is 71.6 Å². The van der Waals surface area contributed by atoms with Crippen LogP contribution in [0.4, 0.5) is 5.69 Å². The lowest BCUT2D eigenvalue weighted by Crippen LogP contribution is -2.51. The summed E-state index contributed by atoms with van der Waals surface area (Å²) in [5.41, 5.74) is 8.41. The Morgan fingerprint density at radius 2 is 1.84 bits per heavy atom. The summed E-state index contributed by atoms with van der Waals surface area (Å²) >= 11 is 5.19. The number of hydrogen-bond acceptors (Lipinski definition) is 4. The van der Waals surface area contributed by atoms with Gasteiger partial charge in [0, 0.05) is 5.69 Å². The Balaban J connectivity index is 1.50. The second kappa shape index (κ2) is 7.40. The number of amides is 1. The van der Waals surface area contributed by atoms with Gasteiger partial charge in [-0.1, -0.05) is 18.2 Å². The number of carbonyl (C=O) groups excluding carboxylic acids is 1. The quantitative estimate of drug-likeness (QED) is 0.567. The van der Waals surface area contributed by atoms with E-state index in [0.29, 0.717) is 11.5 Å². The van der Waals surface area contributed by atoms with Crippen molar-refractivity contribution in [3.8, 4) is 11.5 Å². The minimum atomic E-state index is -0.744. The van der Waals surface area contributed by atoms with Gasteiger partial charge in [0.2, 0.25) is 6.10 Å². The molecule has 0 aliphatic carbocycles. The summed E-state index contributed by atoms with van der Waals surface area (Å²) < 4.78 is 11.2. The molecule has 0 aromatic heterocycles. The van der Waals surface area contributed by atoms with E-state index in [4.69, 9.17) is 21.7 Å². The summed E-state index contributed by atoms with van der Waals surface area (Å²) in [5, 5.41) is 3.30. The van der Waals surface area contributed by atoms with Crippen molar-refractivity contribution in [1.82, 2.24) is 10.9 Å². The number of hydrazine groups is 1. The van der Waals surface area contributed by atoms with E-state index < -0.39 is 6.10 Å². The molecule has 0 bridgehead atoms.